The van der Waals surface area contributed by atoms with E-state index >= 15 is 0 Å². The molecule has 1 aliphatic rings. The van der Waals surface area contributed by atoms with E-state index in [0.29, 0.717) is 17.2 Å². The lowest BCUT2D eigenvalue weighted by Gasteiger charge is -2.21. The molecule has 1 unspecified atom stereocenters. The summed E-state index contributed by atoms with van der Waals surface area (Å²) < 4.78 is 0. The van der Waals surface area contributed by atoms with Crippen molar-refractivity contribution in [2.45, 2.75) is 6.42 Å². The first-order chi connectivity index (χ1) is 8.56. The summed E-state index contributed by atoms with van der Waals surface area (Å²) in [5, 5.41) is 0. The van der Waals surface area contributed by atoms with E-state index < -0.39 is 0 Å². The van der Waals surface area contributed by atoms with Crippen LogP contribution in [0.1, 0.15) is 16.8 Å². The molecule has 2 N–H and O–H groups in total. The van der Waals surface area contributed by atoms with E-state index in [2.05, 4.69) is 11.9 Å². The molecule has 0 saturated carbocycles. The number of carbonyl (C=O) groups is 1. The van der Waals surface area contributed by atoms with Gasteiger partial charge in [0, 0.05) is 31.4 Å². The molecule has 0 bridgehead atoms. The lowest BCUT2D eigenvalue weighted by molar-refractivity contribution is 0.0774. The first-order valence-electron chi connectivity index (χ1n) is 6.36. The molecule has 2 rings (SSSR count). The maximum Gasteiger partial charge on any atom is 0.253 e. The minimum atomic E-state index is 0.0526. The normalized spacial score (nSPS) is 20.0. The Labute approximate surface area is 108 Å². The monoisotopic (exact) mass is 247 g/mol. The highest BCUT2D eigenvalue weighted by atomic mass is 16.2. The average molecular weight is 247 g/mol. The summed E-state index contributed by atoms with van der Waals surface area (Å²) in [5.74, 6) is 0.641. The fourth-order valence-corrected chi connectivity index (χ4v) is 2.54. The number of carbonyl (C=O) groups excluding carboxylic acids is 1. The smallest absolute Gasteiger partial charge is 0.253 e. The molecule has 1 amide bonds. The highest BCUT2D eigenvalue weighted by Gasteiger charge is 2.23. The van der Waals surface area contributed by atoms with Gasteiger partial charge in [0.15, 0.2) is 0 Å². The van der Waals surface area contributed by atoms with Crippen LogP contribution >= 0.6 is 0 Å². The zero-order valence-corrected chi connectivity index (χ0v) is 11.1. The maximum atomic E-state index is 12.2. The first-order valence-corrected chi connectivity index (χ1v) is 6.36. The third-order valence-electron chi connectivity index (χ3n) is 3.50. The van der Waals surface area contributed by atoms with Crippen LogP contribution in [0.25, 0.3) is 0 Å². The summed E-state index contributed by atoms with van der Waals surface area (Å²) in [5.41, 5.74) is 7.01. The van der Waals surface area contributed by atoms with Gasteiger partial charge in [-0.1, -0.05) is 6.07 Å². The second kappa shape index (κ2) is 5.40. The van der Waals surface area contributed by atoms with Gasteiger partial charge in [0.25, 0.3) is 5.91 Å². The summed E-state index contributed by atoms with van der Waals surface area (Å²) in [4.78, 5) is 16.3. The van der Waals surface area contributed by atoms with E-state index in [1.807, 2.05) is 19.2 Å². The van der Waals surface area contributed by atoms with E-state index in [0.717, 1.165) is 19.6 Å². The van der Waals surface area contributed by atoms with Crippen LogP contribution in [0.15, 0.2) is 24.3 Å². The number of amides is 1. The van der Waals surface area contributed by atoms with Gasteiger partial charge in [-0.25, -0.2) is 0 Å². The van der Waals surface area contributed by atoms with Crippen molar-refractivity contribution in [3.63, 3.8) is 0 Å². The quantitative estimate of drug-likeness (QED) is 0.819. The van der Waals surface area contributed by atoms with Crippen molar-refractivity contribution < 1.29 is 4.79 Å². The molecular weight excluding hydrogens is 226 g/mol. The lowest BCUT2D eigenvalue weighted by atomic mass is 10.1. The number of nitrogens with two attached hydrogens (primary N) is 1. The van der Waals surface area contributed by atoms with E-state index in [1.165, 1.54) is 6.42 Å². The fourth-order valence-electron chi connectivity index (χ4n) is 2.54. The Balaban J connectivity index is 1.96. The highest BCUT2D eigenvalue weighted by molar-refractivity contribution is 5.94. The fraction of sp³-hybridized carbons (Fsp3) is 0.500. The number of benzene rings is 1. The number of anilines is 1. The van der Waals surface area contributed by atoms with Crippen molar-refractivity contribution >= 4 is 11.6 Å². The highest BCUT2D eigenvalue weighted by Crippen LogP contribution is 2.16. The molecule has 4 heteroatoms. The molecule has 1 aromatic carbocycles. The summed E-state index contributed by atoms with van der Waals surface area (Å²) in [6, 6.07) is 7.16. The molecule has 4 nitrogen and oxygen atoms in total. The molecule has 98 valence electrons. The number of nitrogens with zero attached hydrogens (tertiary/aromatic N) is 2. The van der Waals surface area contributed by atoms with Crippen LogP contribution in [-0.2, 0) is 0 Å². The Bertz CT molecular complexity index is 433. The van der Waals surface area contributed by atoms with Crippen molar-refractivity contribution in [1.29, 1.82) is 0 Å². The second-order valence-electron chi connectivity index (χ2n) is 5.23. The SMILES string of the molecule is CN1CCC(CN(C)C(=O)c2cccc(N)c2)C1. The van der Waals surface area contributed by atoms with E-state index in [1.54, 1.807) is 17.0 Å². The Morgan fingerprint density at radius 1 is 1.56 bits per heavy atom. The average Bonchev–Trinajstić information content (AvgIpc) is 2.73. The Morgan fingerprint density at radius 2 is 2.33 bits per heavy atom. The van der Waals surface area contributed by atoms with Crippen LogP contribution in [-0.4, -0.2) is 49.4 Å². The van der Waals surface area contributed by atoms with E-state index in [4.69, 9.17) is 5.73 Å². The van der Waals surface area contributed by atoms with Gasteiger partial charge in [-0.2, -0.15) is 0 Å². The topological polar surface area (TPSA) is 49.6 Å². The summed E-state index contributed by atoms with van der Waals surface area (Å²) in [6.45, 7) is 3.03. The first kappa shape index (κ1) is 12.9. The van der Waals surface area contributed by atoms with Crippen molar-refractivity contribution in [2.24, 2.45) is 5.92 Å². The van der Waals surface area contributed by atoms with Crippen LogP contribution in [0.4, 0.5) is 5.69 Å². The number of rotatable bonds is 3. The molecule has 0 aromatic heterocycles. The maximum absolute atomic E-state index is 12.2. The number of nitrogen functional groups attached to an aromatic ring is 1. The standard InChI is InChI=1S/C14H21N3O/c1-16-7-6-11(9-16)10-17(2)14(18)12-4-3-5-13(15)8-12/h3-5,8,11H,6-7,9-10,15H2,1-2H3. The molecule has 1 atom stereocenters. The van der Waals surface area contributed by atoms with Crippen LogP contribution < -0.4 is 5.73 Å². The van der Waals surface area contributed by atoms with Gasteiger partial charge in [-0.15, -0.1) is 0 Å². The molecule has 1 saturated heterocycles. The van der Waals surface area contributed by atoms with Gasteiger partial charge in [0.2, 0.25) is 0 Å². The number of hydrogen-bond donors (Lipinski definition) is 1. The Morgan fingerprint density at radius 3 is 2.94 bits per heavy atom. The second-order valence-corrected chi connectivity index (χ2v) is 5.23. The Kier molecular flexibility index (Phi) is 3.87. The van der Waals surface area contributed by atoms with E-state index in [9.17, 15) is 4.79 Å². The van der Waals surface area contributed by atoms with Crippen LogP contribution in [0, 0.1) is 5.92 Å². The van der Waals surface area contributed by atoms with Crippen LogP contribution in [0.2, 0.25) is 0 Å². The van der Waals surface area contributed by atoms with Gasteiger partial charge in [-0.3, -0.25) is 4.79 Å². The molecule has 0 spiro atoms. The molecule has 1 heterocycles. The summed E-state index contributed by atoms with van der Waals surface area (Å²) in [7, 11) is 3.99. The minimum Gasteiger partial charge on any atom is -0.399 e. The van der Waals surface area contributed by atoms with Crippen molar-refractivity contribution in [1.82, 2.24) is 9.80 Å². The minimum absolute atomic E-state index is 0.0526. The zero-order valence-electron chi connectivity index (χ0n) is 11.1. The van der Waals surface area contributed by atoms with Gasteiger partial charge in [-0.05, 0) is 44.1 Å². The van der Waals surface area contributed by atoms with E-state index in [-0.39, 0.29) is 5.91 Å². The van der Waals surface area contributed by atoms with Gasteiger partial charge in [0.05, 0.1) is 0 Å². The predicted molar refractivity (Wildman–Crippen MR) is 73.4 cm³/mol. The molecule has 18 heavy (non-hydrogen) atoms. The number of hydrogen-bond acceptors (Lipinski definition) is 3. The zero-order chi connectivity index (χ0) is 13.1. The molecule has 0 aliphatic carbocycles. The van der Waals surface area contributed by atoms with Gasteiger partial charge >= 0.3 is 0 Å². The largest absolute Gasteiger partial charge is 0.399 e. The van der Waals surface area contributed by atoms with Gasteiger partial charge < -0.3 is 15.5 Å². The van der Waals surface area contributed by atoms with Crippen LogP contribution in [0.5, 0.6) is 0 Å². The summed E-state index contributed by atoms with van der Waals surface area (Å²) in [6.07, 6.45) is 1.17. The van der Waals surface area contributed by atoms with Crippen molar-refractivity contribution in [2.75, 3.05) is 39.5 Å². The lowest BCUT2D eigenvalue weighted by Crippen LogP contribution is -2.32. The predicted octanol–water partition coefficient (Wildman–Crippen LogP) is 1.29. The third-order valence-corrected chi connectivity index (χ3v) is 3.50. The molecule has 1 aliphatic heterocycles. The van der Waals surface area contributed by atoms with Crippen LogP contribution in [0.3, 0.4) is 0 Å². The van der Waals surface area contributed by atoms with Gasteiger partial charge in [0.1, 0.15) is 0 Å². The molecule has 1 aromatic rings. The van der Waals surface area contributed by atoms with Crippen molar-refractivity contribution in [3.8, 4) is 0 Å². The molecule has 1 fully saturated rings. The molecule has 0 radical (unpaired) electrons. The number of likely N-dealkylation sites (tertiary alicyclic amines) is 1. The third kappa shape index (κ3) is 3.01. The Hall–Kier alpha value is -1.55. The molecular formula is C14H21N3O. The summed E-state index contributed by atoms with van der Waals surface area (Å²) >= 11 is 0. The van der Waals surface area contributed by atoms with Crippen molar-refractivity contribution in [3.05, 3.63) is 29.8 Å².